The molecular weight excluding hydrogens is 521 g/mol. The summed E-state index contributed by atoms with van der Waals surface area (Å²) in [6.45, 7) is 2.22. The molecule has 8 nitrogen and oxygen atoms in total. The van der Waals surface area contributed by atoms with E-state index in [1.165, 1.54) is 29.2 Å². The monoisotopic (exact) mass is 555 g/mol. The number of sulfonamides is 1. The molecule has 0 heterocycles. The molecule has 3 rings (SSSR count). The van der Waals surface area contributed by atoms with Gasteiger partial charge >= 0.3 is 0 Å². The largest absolute Gasteiger partial charge is 0.396 e. The number of hydrogen-bond donors (Lipinski definition) is 3. The third-order valence-electron chi connectivity index (χ3n) is 6.09. The number of halogens is 1. The molecule has 0 fully saturated rings. The van der Waals surface area contributed by atoms with Crippen LogP contribution < -0.4 is 10.0 Å². The molecule has 0 unspecified atom stereocenters. The second-order valence-electron chi connectivity index (χ2n) is 8.97. The zero-order valence-electron chi connectivity index (χ0n) is 21.8. The molecule has 0 aliphatic rings. The third-order valence-corrected chi connectivity index (χ3v) is 7.65. The average Bonchev–Trinajstić information content (AvgIpc) is 2.93. The van der Waals surface area contributed by atoms with Crippen molar-refractivity contribution in [2.45, 2.75) is 43.7 Å². The Morgan fingerprint density at radius 1 is 0.949 bits per heavy atom. The maximum atomic E-state index is 13.7. The number of aliphatic hydroxyl groups excluding tert-OH is 1. The van der Waals surface area contributed by atoms with Crippen molar-refractivity contribution in [2.24, 2.45) is 0 Å². The first kappa shape index (κ1) is 29.9. The van der Waals surface area contributed by atoms with Crippen LogP contribution in [0.5, 0.6) is 0 Å². The van der Waals surface area contributed by atoms with E-state index in [9.17, 15) is 22.4 Å². The van der Waals surface area contributed by atoms with Crippen LogP contribution in [-0.4, -0.2) is 49.9 Å². The summed E-state index contributed by atoms with van der Waals surface area (Å²) in [6.07, 6.45) is 0.764. The van der Waals surface area contributed by atoms with E-state index in [0.717, 1.165) is 5.56 Å². The summed E-state index contributed by atoms with van der Waals surface area (Å²) in [5.41, 5.74) is 2.04. The smallest absolute Gasteiger partial charge is 0.247 e. The molecule has 208 valence electrons. The molecule has 0 saturated carbocycles. The predicted molar refractivity (Wildman–Crippen MR) is 146 cm³/mol. The van der Waals surface area contributed by atoms with Gasteiger partial charge in [-0.2, -0.15) is 0 Å². The zero-order valence-corrected chi connectivity index (χ0v) is 22.7. The van der Waals surface area contributed by atoms with Crippen LogP contribution in [0.15, 0.2) is 83.8 Å². The van der Waals surface area contributed by atoms with Crippen LogP contribution in [0.25, 0.3) is 0 Å². The first-order chi connectivity index (χ1) is 18.7. The Morgan fingerprint density at radius 2 is 1.59 bits per heavy atom. The molecular formula is C29H34FN3O5S. The second-order valence-corrected chi connectivity index (χ2v) is 10.7. The Balaban J connectivity index is 1.87. The lowest BCUT2D eigenvalue weighted by Crippen LogP contribution is -2.43. The topological polar surface area (TPSA) is 116 Å². The number of rotatable bonds is 14. The van der Waals surface area contributed by atoms with E-state index in [-0.39, 0.29) is 49.4 Å². The molecule has 0 saturated heterocycles. The van der Waals surface area contributed by atoms with Crippen molar-refractivity contribution in [3.63, 3.8) is 0 Å². The van der Waals surface area contributed by atoms with Crippen LogP contribution in [-0.2, 0) is 32.6 Å². The highest BCUT2D eigenvalue weighted by Crippen LogP contribution is 2.25. The lowest BCUT2D eigenvalue weighted by molar-refractivity contribution is -0.141. The zero-order chi connectivity index (χ0) is 28.3. The van der Waals surface area contributed by atoms with Gasteiger partial charge in [-0.05, 0) is 53.8 Å². The quantitative estimate of drug-likeness (QED) is 0.264. The number of carbonyl (C=O) groups excluding carboxylic acids is 2. The van der Waals surface area contributed by atoms with Crippen molar-refractivity contribution in [2.75, 3.05) is 19.7 Å². The fourth-order valence-electron chi connectivity index (χ4n) is 4.11. The predicted octanol–water partition coefficient (Wildman–Crippen LogP) is 3.33. The molecule has 3 aromatic carbocycles. The molecule has 0 radical (unpaired) electrons. The van der Waals surface area contributed by atoms with E-state index in [4.69, 9.17) is 5.11 Å². The van der Waals surface area contributed by atoms with E-state index in [0.29, 0.717) is 24.0 Å². The normalized spacial score (nSPS) is 12.1. The molecule has 0 spiro atoms. The maximum absolute atomic E-state index is 13.7. The number of nitrogens with zero attached hydrogens (tertiary/aromatic N) is 1. The molecule has 0 aliphatic carbocycles. The third kappa shape index (κ3) is 8.71. The van der Waals surface area contributed by atoms with Gasteiger partial charge in [0.15, 0.2) is 0 Å². The van der Waals surface area contributed by atoms with Crippen LogP contribution in [0, 0.1) is 5.82 Å². The number of amides is 2. The number of carbonyl (C=O) groups is 2. The Morgan fingerprint density at radius 3 is 2.21 bits per heavy atom. The highest BCUT2D eigenvalue weighted by Gasteiger charge is 2.31. The van der Waals surface area contributed by atoms with Crippen molar-refractivity contribution >= 4 is 21.8 Å². The highest BCUT2D eigenvalue weighted by atomic mass is 32.2. The number of benzene rings is 3. The van der Waals surface area contributed by atoms with E-state index >= 15 is 0 Å². The summed E-state index contributed by atoms with van der Waals surface area (Å²) in [7, 11) is -3.58. The number of aryl methyl sites for hydroxylation is 1. The summed E-state index contributed by atoms with van der Waals surface area (Å²) in [4.78, 5) is 28.6. The average molecular weight is 556 g/mol. The minimum atomic E-state index is -3.58. The van der Waals surface area contributed by atoms with Crippen LogP contribution in [0.3, 0.4) is 0 Å². The first-order valence-corrected chi connectivity index (χ1v) is 14.3. The molecule has 3 aromatic rings. The van der Waals surface area contributed by atoms with Crippen LogP contribution in [0.4, 0.5) is 4.39 Å². The van der Waals surface area contributed by atoms with Gasteiger partial charge in [-0.25, -0.2) is 17.5 Å². The Kier molecular flexibility index (Phi) is 11.2. The Labute approximate surface area is 228 Å². The van der Waals surface area contributed by atoms with E-state index < -0.39 is 21.9 Å². The summed E-state index contributed by atoms with van der Waals surface area (Å²) >= 11 is 0. The van der Waals surface area contributed by atoms with Crippen LogP contribution in [0.1, 0.15) is 42.5 Å². The van der Waals surface area contributed by atoms with Gasteiger partial charge in [0, 0.05) is 32.7 Å². The van der Waals surface area contributed by atoms with Gasteiger partial charge in [0.05, 0.1) is 4.90 Å². The minimum Gasteiger partial charge on any atom is -0.396 e. The lowest BCUT2D eigenvalue weighted by Gasteiger charge is -2.32. The highest BCUT2D eigenvalue weighted by molar-refractivity contribution is 7.89. The molecule has 1 atom stereocenters. The molecule has 10 heteroatoms. The molecule has 2 amide bonds. The summed E-state index contributed by atoms with van der Waals surface area (Å²) in [6, 6.07) is 20.1. The van der Waals surface area contributed by atoms with Crippen molar-refractivity contribution in [3.05, 3.63) is 101 Å². The number of nitrogens with one attached hydrogen (secondary N) is 2. The fraction of sp³-hybridized carbons (Fsp3) is 0.310. The van der Waals surface area contributed by atoms with Gasteiger partial charge in [0.25, 0.3) is 0 Å². The number of hydrogen-bond acceptors (Lipinski definition) is 5. The van der Waals surface area contributed by atoms with Crippen molar-refractivity contribution in [3.8, 4) is 0 Å². The molecule has 0 aliphatic heterocycles. The molecule has 0 aromatic heterocycles. The van der Waals surface area contributed by atoms with Gasteiger partial charge in [0.1, 0.15) is 11.9 Å². The summed E-state index contributed by atoms with van der Waals surface area (Å²) < 4.78 is 40.4. The van der Waals surface area contributed by atoms with E-state index in [1.807, 2.05) is 6.07 Å². The molecule has 3 N–H and O–H groups in total. The standard InChI is InChI=1S/C29H34FN3O5S/c1-2-32-39(37,38)26-16-11-22(12-17-26)13-18-27(35)33(21-23-9-14-25(30)15-10-23)28(24-7-4-3-5-8-24)29(36)31-19-6-20-34/h3-5,7-12,14-17,28,32,34H,2,6,13,18-21H2,1H3,(H,31,36)/t28-/m1/s1. The van der Waals surface area contributed by atoms with E-state index in [2.05, 4.69) is 10.0 Å². The van der Waals surface area contributed by atoms with Gasteiger partial charge in [0.2, 0.25) is 21.8 Å². The van der Waals surface area contributed by atoms with Crippen LogP contribution in [0.2, 0.25) is 0 Å². The summed E-state index contributed by atoms with van der Waals surface area (Å²) in [5, 5.41) is 11.9. The second kappa shape index (κ2) is 14.5. The van der Waals surface area contributed by atoms with Gasteiger partial charge in [-0.1, -0.05) is 61.5 Å². The van der Waals surface area contributed by atoms with Gasteiger partial charge in [-0.3, -0.25) is 9.59 Å². The maximum Gasteiger partial charge on any atom is 0.247 e. The van der Waals surface area contributed by atoms with Crippen LogP contribution >= 0.6 is 0 Å². The van der Waals surface area contributed by atoms with Crippen molar-refractivity contribution in [1.82, 2.24) is 14.9 Å². The van der Waals surface area contributed by atoms with Crippen molar-refractivity contribution < 1.29 is 27.5 Å². The molecule has 39 heavy (non-hydrogen) atoms. The van der Waals surface area contributed by atoms with Gasteiger partial charge in [-0.15, -0.1) is 0 Å². The molecule has 0 bridgehead atoms. The summed E-state index contributed by atoms with van der Waals surface area (Å²) in [5.74, 6) is -1.09. The first-order valence-electron chi connectivity index (χ1n) is 12.8. The number of aliphatic hydroxyl groups is 1. The Bertz CT molecular complexity index is 1320. The minimum absolute atomic E-state index is 0.0632. The van der Waals surface area contributed by atoms with Crippen molar-refractivity contribution in [1.29, 1.82) is 0 Å². The van der Waals surface area contributed by atoms with E-state index in [1.54, 1.807) is 55.5 Å². The van der Waals surface area contributed by atoms with Gasteiger partial charge < -0.3 is 15.3 Å². The SMILES string of the molecule is CCNS(=O)(=O)c1ccc(CCC(=O)N(Cc2ccc(F)cc2)[C@@H](C(=O)NCCCO)c2ccccc2)cc1. The fourth-order valence-corrected chi connectivity index (χ4v) is 5.15. The Hall–Kier alpha value is -3.60. The lowest BCUT2D eigenvalue weighted by atomic mass is 10.0.